The molecule has 0 saturated carbocycles. The highest BCUT2D eigenvalue weighted by Gasteiger charge is 2.39. The van der Waals surface area contributed by atoms with Crippen molar-refractivity contribution in [3.05, 3.63) is 23.3 Å². The van der Waals surface area contributed by atoms with Crippen molar-refractivity contribution in [2.75, 3.05) is 18.8 Å². The highest BCUT2D eigenvalue weighted by Crippen LogP contribution is 2.30. The molecule has 1 saturated heterocycles. The minimum atomic E-state index is -3.59. The van der Waals surface area contributed by atoms with Gasteiger partial charge in [0.1, 0.15) is 0 Å². The Morgan fingerprint density at radius 3 is 2.53 bits per heavy atom. The van der Waals surface area contributed by atoms with E-state index in [0.717, 1.165) is 5.56 Å². The topological polar surface area (TPSA) is 83.6 Å². The Labute approximate surface area is 114 Å². The summed E-state index contributed by atoms with van der Waals surface area (Å²) in [7, 11) is -3.59. The summed E-state index contributed by atoms with van der Waals surface area (Å²) in [6.45, 7) is 5.63. The molecular weight excluding hydrogens is 264 g/mol. The summed E-state index contributed by atoms with van der Waals surface area (Å²) in [5.74, 6) is 0. The molecule has 0 spiro atoms. The van der Waals surface area contributed by atoms with E-state index in [4.69, 9.17) is 5.73 Å². The van der Waals surface area contributed by atoms with E-state index in [1.807, 2.05) is 6.92 Å². The number of nitrogen functional groups attached to an aromatic ring is 1. The minimum absolute atomic E-state index is 0.128. The Balaban J connectivity index is 2.47. The van der Waals surface area contributed by atoms with Crippen LogP contribution in [-0.4, -0.2) is 36.5 Å². The molecule has 1 aromatic carbocycles. The summed E-state index contributed by atoms with van der Waals surface area (Å²) in [5.41, 5.74) is 6.75. The second kappa shape index (κ2) is 4.47. The molecule has 19 heavy (non-hydrogen) atoms. The second-order valence-electron chi connectivity index (χ2n) is 5.56. The lowest BCUT2D eigenvalue weighted by molar-refractivity contribution is 0.0762. The van der Waals surface area contributed by atoms with Crippen LogP contribution in [0.15, 0.2) is 17.0 Å². The van der Waals surface area contributed by atoms with Crippen molar-refractivity contribution in [2.24, 2.45) is 0 Å². The van der Waals surface area contributed by atoms with Gasteiger partial charge in [-0.05, 0) is 50.5 Å². The Morgan fingerprint density at radius 1 is 1.37 bits per heavy atom. The average molecular weight is 284 g/mol. The number of hydrogen-bond donors (Lipinski definition) is 2. The van der Waals surface area contributed by atoms with Gasteiger partial charge in [-0.15, -0.1) is 0 Å². The molecule has 0 radical (unpaired) electrons. The van der Waals surface area contributed by atoms with Crippen LogP contribution < -0.4 is 5.73 Å². The van der Waals surface area contributed by atoms with Gasteiger partial charge in [-0.3, -0.25) is 0 Å². The molecular formula is C13H20N2O3S. The highest BCUT2D eigenvalue weighted by molar-refractivity contribution is 7.89. The maximum absolute atomic E-state index is 12.6. The van der Waals surface area contributed by atoms with Gasteiger partial charge >= 0.3 is 0 Å². The largest absolute Gasteiger partial charge is 0.398 e. The summed E-state index contributed by atoms with van der Waals surface area (Å²) in [6, 6.07) is 3.39. The van der Waals surface area contributed by atoms with Crippen LogP contribution in [0.2, 0.25) is 0 Å². The third-order valence-corrected chi connectivity index (χ3v) is 5.55. The number of aryl methyl sites for hydroxylation is 1. The minimum Gasteiger partial charge on any atom is -0.398 e. The van der Waals surface area contributed by atoms with Gasteiger partial charge < -0.3 is 10.8 Å². The van der Waals surface area contributed by atoms with Crippen LogP contribution in [0.1, 0.15) is 24.5 Å². The second-order valence-corrected chi connectivity index (χ2v) is 7.47. The fourth-order valence-corrected chi connectivity index (χ4v) is 4.27. The first-order valence-corrected chi connectivity index (χ1v) is 7.67. The molecule has 0 aliphatic carbocycles. The van der Waals surface area contributed by atoms with Gasteiger partial charge in [0.05, 0.1) is 10.5 Å². The van der Waals surface area contributed by atoms with E-state index in [1.54, 1.807) is 26.0 Å². The summed E-state index contributed by atoms with van der Waals surface area (Å²) in [5, 5.41) is 9.92. The lowest BCUT2D eigenvalue weighted by Gasteiger charge is -2.20. The summed E-state index contributed by atoms with van der Waals surface area (Å²) < 4.78 is 26.5. The number of rotatable bonds is 2. The van der Waals surface area contributed by atoms with E-state index in [9.17, 15) is 13.5 Å². The molecule has 106 valence electrons. The number of nitrogens with zero attached hydrogens (tertiary/aromatic N) is 1. The molecule has 2 rings (SSSR count). The van der Waals surface area contributed by atoms with Crippen LogP contribution in [0.4, 0.5) is 5.69 Å². The zero-order valence-corrected chi connectivity index (χ0v) is 12.3. The maximum Gasteiger partial charge on any atom is 0.243 e. The van der Waals surface area contributed by atoms with Gasteiger partial charge in [-0.1, -0.05) is 0 Å². The lowest BCUT2D eigenvalue weighted by atomic mass is 10.1. The van der Waals surface area contributed by atoms with E-state index < -0.39 is 15.6 Å². The number of β-amino-alcohol motifs (C(OH)–C–C–N with tert-alkyl or cyclic N) is 1. The first kappa shape index (κ1) is 14.3. The quantitative estimate of drug-likeness (QED) is 0.795. The normalized spacial score (nSPS) is 24.8. The molecule has 1 heterocycles. The van der Waals surface area contributed by atoms with E-state index in [-0.39, 0.29) is 11.4 Å². The molecule has 6 heteroatoms. The molecule has 0 amide bonds. The molecule has 0 aromatic heterocycles. The van der Waals surface area contributed by atoms with Crippen molar-refractivity contribution in [2.45, 2.75) is 37.7 Å². The summed E-state index contributed by atoms with van der Waals surface area (Å²) >= 11 is 0. The van der Waals surface area contributed by atoms with E-state index in [2.05, 4.69) is 0 Å². The van der Waals surface area contributed by atoms with Crippen LogP contribution in [0.5, 0.6) is 0 Å². The number of aliphatic hydroxyl groups is 1. The number of benzene rings is 1. The summed E-state index contributed by atoms with van der Waals surface area (Å²) in [6.07, 6.45) is 0.451. The molecule has 5 nitrogen and oxygen atoms in total. The molecule has 0 bridgehead atoms. The van der Waals surface area contributed by atoms with Crippen molar-refractivity contribution < 1.29 is 13.5 Å². The third-order valence-electron chi connectivity index (χ3n) is 3.58. The van der Waals surface area contributed by atoms with Gasteiger partial charge in [-0.2, -0.15) is 4.31 Å². The predicted octanol–water partition coefficient (Wildman–Crippen LogP) is 1.03. The van der Waals surface area contributed by atoms with Gasteiger partial charge in [0, 0.05) is 18.8 Å². The zero-order valence-electron chi connectivity index (χ0n) is 11.5. The Bertz CT molecular complexity index is 609. The fourth-order valence-electron chi connectivity index (χ4n) is 2.37. The molecule has 3 N–H and O–H groups in total. The Morgan fingerprint density at radius 2 is 2.00 bits per heavy atom. The summed E-state index contributed by atoms with van der Waals surface area (Å²) in [4.78, 5) is 0.239. The third kappa shape index (κ3) is 2.61. The van der Waals surface area contributed by atoms with Crippen LogP contribution >= 0.6 is 0 Å². The zero-order chi connectivity index (χ0) is 14.4. The smallest absolute Gasteiger partial charge is 0.243 e. The molecule has 1 atom stereocenters. The molecule has 1 fully saturated rings. The molecule has 1 aliphatic heterocycles. The van der Waals surface area contributed by atoms with Gasteiger partial charge in [-0.25, -0.2) is 8.42 Å². The monoisotopic (exact) mass is 284 g/mol. The lowest BCUT2D eigenvalue weighted by Crippen LogP contribution is -2.34. The number of nitrogens with two attached hydrogens (primary N) is 1. The maximum atomic E-state index is 12.6. The van der Waals surface area contributed by atoms with Crippen molar-refractivity contribution in [1.82, 2.24) is 4.31 Å². The fraction of sp³-hybridized carbons (Fsp3) is 0.538. The average Bonchev–Trinajstić information content (AvgIpc) is 2.64. The van der Waals surface area contributed by atoms with E-state index in [1.165, 1.54) is 4.31 Å². The van der Waals surface area contributed by atoms with Crippen molar-refractivity contribution >= 4 is 15.7 Å². The van der Waals surface area contributed by atoms with Crippen molar-refractivity contribution in [3.63, 3.8) is 0 Å². The van der Waals surface area contributed by atoms with Crippen LogP contribution in [-0.2, 0) is 10.0 Å². The molecule has 1 aliphatic rings. The Hall–Kier alpha value is -1.11. The van der Waals surface area contributed by atoms with E-state index in [0.29, 0.717) is 24.2 Å². The predicted molar refractivity (Wildman–Crippen MR) is 74.3 cm³/mol. The van der Waals surface area contributed by atoms with Gasteiger partial charge in [0.2, 0.25) is 10.0 Å². The van der Waals surface area contributed by atoms with Gasteiger partial charge in [0.25, 0.3) is 0 Å². The van der Waals surface area contributed by atoms with Crippen molar-refractivity contribution in [3.8, 4) is 0 Å². The van der Waals surface area contributed by atoms with Crippen LogP contribution in [0.25, 0.3) is 0 Å². The first-order chi connectivity index (χ1) is 8.63. The van der Waals surface area contributed by atoms with E-state index >= 15 is 0 Å². The number of anilines is 1. The number of hydrogen-bond acceptors (Lipinski definition) is 4. The molecule has 1 aromatic rings. The molecule has 1 unspecified atom stereocenters. The standard InChI is InChI=1S/C13H20N2O3S/c1-9-6-11(14)10(2)12(7-9)19(17,18)15-5-4-13(3,16)8-15/h6-7,16H,4-5,8,14H2,1-3H3. The van der Waals surface area contributed by atoms with Crippen LogP contribution in [0.3, 0.4) is 0 Å². The first-order valence-electron chi connectivity index (χ1n) is 6.23. The van der Waals surface area contributed by atoms with Crippen molar-refractivity contribution in [1.29, 1.82) is 0 Å². The van der Waals surface area contributed by atoms with Crippen LogP contribution in [0, 0.1) is 13.8 Å². The van der Waals surface area contributed by atoms with Gasteiger partial charge in [0.15, 0.2) is 0 Å². The number of sulfonamides is 1. The Kier molecular flexibility index (Phi) is 3.36. The SMILES string of the molecule is Cc1cc(N)c(C)c(S(=O)(=O)N2CCC(C)(O)C2)c1. The highest BCUT2D eigenvalue weighted by atomic mass is 32.2.